The van der Waals surface area contributed by atoms with E-state index >= 15 is 0 Å². The number of amides is 1. The van der Waals surface area contributed by atoms with Crippen molar-refractivity contribution in [1.29, 1.82) is 0 Å². The third-order valence-corrected chi connectivity index (χ3v) is 5.16. The first-order chi connectivity index (χ1) is 13.3. The quantitative estimate of drug-likeness (QED) is 0.517. The number of likely N-dealkylation sites (N-methyl/N-ethyl adjacent to an activating group) is 1. The molecule has 28 heavy (non-hydrogen) atoms. The molecule has 0 radical (unpaired) electrons. The van der Waals surface area contributed by atoms with Crippen LogP contribution in [0.5, 0.6) is 0 Å². The maximum atomic E-state index is 11.5. The number of hydrogen-bond donors (Lipinski definition) is 3. The van der Waals surface area contributed by atoms with E-state index in [4.69, 9.17) is 4.99 Å². The topological polar surface area (TPSA) is 68.8 Å². The number of aliphatic imine (C=N–C) groups is 1. The van der Waals surface area contributed by atoms with Crippen molar-refractivity contribution >= 4 is 11.9 Å². The number of hydrogen-bond acceptors (Lipinski definition) is 3. The highest BCUT2D eigenvalue weighted by molar-refractivity contribution is 5.80. The first-order valence-electron chi connectivity index (χ1n) is 10.4. The van der Waals surface area contributed by atoms with Gasteiger partial charge < -0.3 is 16.0 Å². The maximum Gasteiger partial charge on any atom is 0.233 e. The number of carbonyl (C=O) groups excluding carboxylic acids is 1. The molecule has 1 heterocycles. The summed E-state index contributed by atoms with van der Waals surface area (Å²) in [7, 11) is 1.69. The Bertz CT molecular complexity index is 640. The van der Waals surface area contributed by atoms with E-state index in [1.165, 1.54) is 11.1 Å². The predicted molar refractivity (Wildman–Crippen MR) is 117 cm³/mol. The molecule has 1 aromatic carbocycles. The Balaban J connectivity index is 1.88. The monoisotopic (exact) mass is 387 g/mol. The highest BCUT2D eigenvalue weighted by Gasteiger charge is 2.21. The van der Waals surface area contributed by atoms with Crippen LogP contribution in [0, 0.1) is 0 Å². The second kappa shape index (κ2) is 10.5. The van der Waals surface area contributed by atoms with Gasteiger partial charge in [-0.25, -0.2) is 4.99 Å². The average molecular weight is 388 g/mol. The standard InChI is InChI=1S/C22H37N5O/c1-6-24-21(25-15-17-7-9-18(10-8-17)22(2,3)4)26-19-11-13-27(14-12-19)16-20(28)23-5/h7-10,19H,6,11-16H2,1-5H3,(H,23,28)(H2,24,25,26). The summed E-state index contributed by atoms with van der Waals surface area (Å²) in [4.78, 5) is 18.5. The van der Waals surface area contributed by atoms with Gasteiger partial charge in [0.1, 0.15) is 0 Å². The lowest BCUT2D eigenvalue weighted by atomic mass is 9.87. The molecule has 0 unspecified atom stereocenters. The van der Waals surface area contributed by atoms with Crippen molar-refractivity contribution in [3.63, 3.8) is 0 Å². The highest BCUT2D eigenvalue weighted by atomic mass is 16.1. The molecule has 0 aromatic heterocycles. The van der Waals surface area contributed by atoms with Gasteiger partial charge in [0.25, 0.3) is 0 Å². The molecule has 1 fully saturated rings. The van der Waals surface area contributed by atoms with Crippen LogP contribution in [0.4, 0.5) is 0 Å². The summed E-state index contributed by atoms with van der Waals surface area (Å²) >= 11 is 0. The molecule has 0 aliphatic carbocycles. The number of nitrogens with zero attached hydrogens (tertiary/aromatic N) is 2. The maximum absolute atomic E-state index is 11.5. The zero-order valence-electron chi connectivity index (χ0n) is 18.1. The van der Waals surface area contributed by atoms with Gasteiger partial charge in [0.15, 0.2) is 5.96 Å². The van der Waals surface area contributed by atoms with Gasteiger partial charge in [-0.3, -0.25) is 9.69 Å². The van der Waals surface area contributed by atoms with Crippen molar-refractivity contribution in [2.24, 2.45) is 4.99 Å². The van der Waals surface area contributed by atoms with E-state index in [1.54, 1.807) is 7.05 Å². The van der Waals surface area contributed by atoms with Gasteiger partial charge in [-0.05, 0) is 36.3 Å². The predicted octanol–water partition coefficient (Wildman–Crippen LogP) is 2.25. The molecule has 6 heteroatoms. The fourth-order valence-electron chi connectivity index (χ4n) is 3.31. The Kier molecular flexibility index (Phi) is 8.30. The van der Waals surface area contributed by atoms with Gasteiger partial charge in [-0.2, -0.15) is 0 Å². The molecular formula is C22H37N5O. The summed E-state index contributed by atoms with van der Waals surface area (Å²) in [5.41, 5.74) is 2.73. The molecule has 0 bridgehead atoms. The van der Waals surface area contributed by atoms with E-state index in [-0.39, 0.29) is 11.3 Å². The van der Waals surface area contributed by atoms with Crippen molar-refractivity contribution < 1.29 is 4.79 Å². The van der Waals surface area contributed by atoms with Gasteiger partial charge in [0.2, 0.25) is 5.91 Å². The van der Waals surface area contributed by atoms with Gasteiger partial charge in [-0.15, -0.1) is 0 Å². The summed E-state index contributed by atoms with van der Waals surface area (Å²) < 4.78 is 0. The molecule has 156 valence electrons. The second-order valence-electron chi connectivity index (χ2n) is 8.51. The fraction of sp³-hybridized carbons (Fsp3) is 0.636. The Morgan fingerprint density at radius 2 is 1.82 bits per heavy atom. The highest BCUT2D eigenvalue weighted by Crippen LogP contribution is 2.22. The molecule has 0 atom stereocenters. The molecule has 1 aliphatic heterocycles. The SMILES string of the molecule is CCNC(=NCc1ccc(C(C)(C)C)cc1)NC1CCN(CC(=O)NC)CC1. The molecule has 1 saturated heterocycles. The van der Waals surface area contributed by atoms with E-state index in [2.05, 4.69) is 72.8 Å². The first kappa shape index (κ1) is 22.2. The van der Waals surface area contributed by atoms with Gasteiger partial charge in [0.05, 0.1) is 13.1 Å². The molecule has 1 aromatic rings. The molecule has 0 saturated carbocycles. The summed E-state index contributed by atoms with van der Waals surface area (Å²) in [6.07, 6.45) is 2.03. The summed E-state index contributed by atoms with van der Waals surface area (Å²) in [6, 6.07) is 9.14. The number of rotatable bonds is 6. The molecule has 3 N–H and O–H groups in total. The van der Waals surface area contributed by atoms with Crippen LogP contribution in [0.15, 0.2) is 29.3 Å². The molecular weight excluding hydrogens is 350 g/mol. The zero-order chi connectivity index (χ0) is 20.6. The van der Waals surface area contributed by atoms with Crippen molar-refractivity contribution in [3.8, 4) is 0 Å². The minimum absolute atomic E-state index is 0.0822. The Morgan fingerprint density at radius 1 is 1.18 bits per heavy atom. The van der Waals surface area contributed by atoms with Crippen LogP contribution in [0.1, 0.15) is 51.7 Å². The fourth-order valence-corrected chi connectivity index (χ4v) is 3.31. The minimum Gasteiger partial charge on any atom is -0.358 e. The molecule has 1 amide bonds. The van der Waals surface area contributed by atoms with Crippen LogP contribution in [-0.4, -0.2) is 56.0 Å². The number of guanidine groups is 1. The molecule has 0 spiro atoms. The van der Waals surface area contributed by atoms with E-state index in [9.17, 15) is 4.79 Å². The lowest BCUT2D eigenvalue weighted by molar-refractivity contribution is -0.122. The number of carbonyl (C=O) groups is 1. The van der Waals surface area contributed by atoms with E-state index in [1.807, 2.05) is 0 Å². The van der Waals surface area contributed by atoms with E-state index in [0.29, 0.717) is 19.1 Å². The van der Waals surface area contributed by atoms with Gasteiger partial charge in [0, 0.05) is 32.7 Å². The number of piperidine rings is 1. The van der Waals surface area contributed by atoms with Crippen molar-refractivity contribution in [2.75, 3.05) is 33.2 Å². The van der Waals surface area contributed by atoms with Crippen molar-refractivity contribution in [1.82, 2.24) is 20.9 Å². The Hall–Kier alpha value is -2.08. The summed E-state index contributed by atoms with van der Waals surface area (Å²) in [5.74, 6) is 0.950. The molecule has 1 aliphatic rings. The number of benzene rings is 1. The lowest BCUT2D eigenvalue weighted by Gasteiger charge is -2.32. The Labute approximate surface area is 170 Å². The van der Waals surface area contributed by atoms with Crippen LogP contribution < -0.4 is 16.0 Å². The average Bonchev–Trinajstić information content (AvgIpc) is 2.67. The van der Waals surface area contributed by atoms with Crippen LogP contribution >= 0.6 is 0 Å². The molecule has 6 nitrogen and oxygen atoms in total. The van der Waals surface area contributed by atoms with E-state index < -0.39 is 0 Å². The third-order valence-electron chi connectivity index (χ3n) is 5.16. The summed E-state index contributed by atoms with van der Waals surface area (Å²) in [6.45, 7) is 12.6. The van der Waals surface area contributed by atoms with Crippen molar-refractivity contribution in [2.45, 2.75) is 58.5 Å². The minimum atomic E-state index is 0.0822. The van der Waals surface area contributed by atoms with Crippen LogP contribution in [0.25, 0.3) is 0 Å². The third kappa shape index (κ3) is 7.15. The largest absolute Gasteiger partial charge is 0.358 e. The normalized spacial score (nSPS) is 16.7. The van der Waals surface area contributed by atoms with E-state index in [0.717, 1.165) is 38.4 Å². The van der Waals surface area contributed by atoms with Crippen LogP contribution in [0.2, 0.25) is 0 Å². The van der Waals surface area contributed by atoms with Crippen molar-refractivity contribution in [3.05, 3.63) is 35.4 Å². The zero-order valence-corrected chi connectivity index (χ0v) is 18.1. The number of likely N-dealkylation sites (tertiary alicyclic amines) is 1. The molecule has 2 rings (SSSR count). The smallest absolute Gasteiger partial charge is 0.233 e. The van der Waals surface area contributed by atoms with Gasteiger partial charge >= 0.3 is 0 Å². The first-order valence-corrected chi connectivity index (χ1v) is 10.4. The summed E-state index contributed by atoms with van der Waals surface area (Å²) in [5, 5.41) is 9.60. The van der Waals surface area contributed by atoms with Crippen LogP contribution in [-0.2, 0) is 16.8 Å². The lowest BCUT2D eigenvalue weighted by Crippen LogP contribution is -2.50. The van der Waals surface area contributed by atoms with Gasteiger partial charge in [-0.1, -0.05) is 45.0 Å². The number of nitrogens with one attached hydrogen (secondary N) is 3. The second-order valence-corrected chi connectivity index (χ2v) is 8.51. The van der Waals surface area contributed by atoms with Crippen LogP contribution in [0.3, 0.4) is 0 Å². The Morgan fingerprint density at radius 3 is 2.36 bits per heavy atom.